The van der Waals surface area contributed by atoms with Gasteiger partial charge in [-0.3, -0.25) is 24.9 Å². The van der Waals surface area contributed by atoms with Crippen LogP contribution in [0.5, 0.6) is 11.5 Å². The van der Waals surface area contributed by atoms with Gasteiger partial charge in [0.2, 0.25) is 11.9 Å². The van der Waals surface area contributed by atoms with Gasteiger partial charge in [-0.1, -0.05) is 0 Å². The number of carbonyl (C=O) groups is 1. The maximum absolute atomic E-state index is 13.1. The van der Waals surface area contributed by atoms with Crippen molar-refractivity contribution >= 4 is 29.3 Å². The van der Waals surface area contributed by atoms with Gasteiger partial charge in [-0.25, -0.2) is 15.0 Å². The Hall–Kier alpha value is -3.81. The molecule has 1 saturated heterocycles. The second kappa shape index (κ2) is 13.5. The van der Waals surface area contributed by atoms with E-state index in [9.17, 15) is 4.79 Å². The molecule has 40 heavy (non-hydrogen) atoms. The maximum atomic E-state index is 13.1. The van der Waals surface area contributed by atoms with Gasteiger partial charge >= 0.3 is 0 Å². The Labute approximate surface area is 233 Å². The number of hydrogen-bond acceptors (Lipinski definition) is 12. The van der Waals surface area contributed by atoms with Crippen LogP contribution in [0.1, 0.15) is 28.8 Å². The van der Waals surface area contributed by atoms with Crippen LogP contribution in [0.2, 0.25) is 0 Å². The Morgan fingerprint density at radius 3 is 2.67 bits per heavy atom. The molecule has 5 rings (SSSR count). The van der Waals surface area contributed by atoms with Crippen molar-refractivity contribution in [2.75, 3.05) is 85.2 Å². The van der Waals surface area contributed by atoms with Gasteiger partial charge in [-0.15, -0.1) is 0 Å². The van der Waals surface area contributed by atoms with E-state index in [1.165, 1.54) is 12.4 Å². The van der Waals surface area contributed by atoms with Crippen molar-refractivity contribution in [2.24, 2.45) is 9.98 Å². The van der Waals surface area contributed by atoms with Gasteiger partial charge in [0.1, 0.15) is 11.5 Å². The topological polar surface area (TPSA) is 135 Å². The number of benzene rings is 1. The molecule has 3 aliphatic heterocycles. The number of morpholine rings is 1. The Morgan fingerprint density at radius 1 is 1.07 bits per heavy atom. The van der Waals surface area contributed by atoms with Crippen LogP contribution < -0.4 is 20.1 Å². The summed E-state index contributed by atoms with van der Waals surface area (Å²) in [6.45, 7) is 7.48. The predicted octanol–water partition coefficient (Wildman–Crippen LogP) is 1.53. The van der Waals surface area contributed by atoms with Crippen LogP contribution >= 0.6 is 0 Å². The molecule has 0 radical (unpaired) electrons. The molecule has 1 fully saturated rings. The molecule has 3 aliphatic rings. The Balaban J connectivity index is 1.27. The lowest BCUT2D eigenvalue weighted by Gasteiger charge is -2.28. The van der Waals surface area contributed by atoms with Crippen molar-refractivity contribution in [3.8, 4) is 11.5 Å². The van der Waals surface area contributed by atoms with Gasteiger partial charge in [-0.05, 0) is 25.0 Å². The van der Waals surface area contributed by atoms with Gasteiger partial charge in [-0.2, -0.15) is 0 Å². The summed E-state index contributed by atoms with van der Waals surface area (Å²) >= 11 is 0. The van der Waals surface area contributed by atoms with E-state index in [0.717, 1.165) is 57.1 Å². The fourth-order valence-corrected chi connectivity index (χ4v) is 4.72. The highest BCUT2D eigenvalue weighted by Crippen LogP contribution is 2.43. The summed E-state index contributed by atoms with van der Waals surface area (Å²) in [6.07, 6.45) is 4.68. The minimum absolute atomic E-state index is 0.318. The normalized spacial score (nSPS) is 16.5. The number of anilines is 1. The zero-order valence-corrected chi connectivity index (χ0v) is 23.0. The van der Waals surface area contributed by atoms with Crippen LogP contribution in [-0.4, -0.2) is 117 Å². The minimum Gasteiger partial charge on any atom is -0.491 e. The van der Waals surface area contributed by atoms with Crippen molar-refractivity contribution in [1.29, 1.82) is 0 Å². The SMILES string of the molecule is COCCCNc1ncc(C(=O)NC2=Nc3c(ccc(OCCCN4CCOCC4)c3OC)C3=NCCN23)cn1. The molecule has 13 nitrogen and oxygen atoms in total. The van der Waals surface area contributed by atoms with E-state index in [1.807, 2.05) is 17.0 Å². The van der Waals surface area contributed by atoms with E-state index in [4.69, 9.17) is 23.9 Å². The first kappa shape index (κ1) is 27.7. The van der Waals surface area contributed by atoms with E-state index in [1.54, 1.807) is 14.2 Å². The molecular weight excluding hydrogens is 516 g/mol. The molecule has 0 saturated carbocycles. The Morgan fingerprint density at radius 2 is 1.90 bits per heavy atom. The second-order valence-electron chi connectivity index (χ2n) is 9.46. The lowest BCUT2D eigenvalue weighted by Crippen LogP contribution is -2.47. The molecule has 0 aliphatic carbocycles. The van der Waals surface area contributed by atoms with Crippen molar-refractivity contribution in [2.45, 2.75) is 12.8 Å². The molecule has 4 heterocycles. The van der Waals surface area contributed by atoms with E-state index in [-0.39, 0.29) is 5.91 Å². The molecule has 2 aromatic rings. The first-order valence-electron chi connectivity index (χ1n) is 13.6. The average Bonchev–Trinajstić information content (AvgIpc) is 3.49. The molecule has 214 valence electrons. The monoisotopic (exact) mass is 552 g/mol. The van der Waals surface area contributed by atoms with Crippen molar-refractivity contribution < 1.29 is 23.7 Å². The smallest absolute Gasteiger partial charge is 0.261 e. The van der Waals surface area contributed by atoms with Crippen LogP contribution in [0.15, 0.2) is 34.5 Å². The molecule has 0 unspecified atom stereocenters. The van der Waals surface area contributed by atoms with Crippen LogP contribution in [-0.2, 0) is 9.47 Å². The predicted molar refractivity (Wildman–Crippen MR) is 150 cm³/mol. The van der Waals surface area contributed by atoms with Gasteiger partial charge in [0.25, 0.3) is 5.91 Å². The Kier molecular flexibility index (Phi) is 9.37. The summed E-state index contributed by atoms with van der Waals surface area (Å²) in [7, 11) is 3.25. The molecule has 2 N–H and O–H groups in total. The largest absolute Gasteiger partial charge is 0.491 e. The van der Waals surface area contributed by atoms with Gasteiger partial charge < -0.3 is 24.3 Å². The minimum atomic E-state index is -0.367. The highest BCUT2D eigenvalue weighted by atomic mass is 16.5. The fourth-order valence-electron chi connectivity index (χ4n) is 4.72. The van der Waals surface area contributed by atoms with Crippen LogP contribution in [0, 0.1) is 0 Å². The zero-order chi connectivity index (χ0) is 27.7. The van der Waals surface area contributed by atoms with Crippen molar-refractivity contribution in [1.82, 2.24) is 25.1 Å². The first-order chi connectivity index (χ1) is 19.7. The number of nitrogens with one attached hydrogen (secondary N) is 2. The van der Waals surface area contributed by atoms with Crippen LogP contribution in [0.3, 0.4) is 0 Å². The third kappa shape index (κ3) is 6.49. The third-order valence-corrected chi connectivity index (χ3v) is 6.78. The number of nitrogens with zero attached hydrogens (tertiary/aromatic N) is 6. The summed E-state index contributed by atoms with van der Waals surface area (Å²) in [5, 5.41) is 6.02. The van der Waals surface area contributed by atoms with E-state index < -0.39 is 0 Å². The number of guanidine groups is 1. The summed E-state index contributed by atoms with van der Waals surface area (Å²) in [5.41, 5.74) is 1.73. The summed E-state index contributed by atoms with van der Waals surface area (Å²) < 4.78 is 22.3. The molecular formula is C27H36N8O5. The zero-order valence-electron chi connectivity index (χ0n) is 23.0. The molecule has 1 aromatic carbocycles. The highest BCUT2D eigenvalue weighted by Gasteiger charge is 2.33. The lowest BCUT2D eigenvalue weighted by molar-refractivity contribution is 0.0357. The number of hydrogen-bond donors (Lipinski definition) is 2. The summed E-state index contributed by atoms with van der Waals surface area (Å²) in [4.78, 5) is 35.4. The van der Waals surface area contributed by atoms with Crippen molar-refractivity contribution in [3.63, 3.8) is 0 Å². The molecule has 1 amide bonds. The van der Waals surface area contributed by atoms with Gasteiger partial charge in [0.05, 0.1) is 39.0 Å². The first-order valence-corrected chi connectivity index (χ1v) is 13.6. The van der Waals surface area contributed by atoms with Crippen LogP contribution in [0.25, 0.3) is 0 Å². The summed E-state index contributed by atoms with van der Waals surface area (Å²) in [6, 6.07) is 3.84. The molecule has 0 atom stereocenters. The summed E-state index contributed by atoms with van der Waals surface area (Å²) in [5.74, 6) is 2.31. The van der Waals surface area contributed by atoms with Gasteiger partial charge in [0.15, 0.2) is 11.5 Å². The number of aromatic nitrogens is 2. The number of fused-ring (bicyclic) bond motifs is 3. The third-order valence-electron chi connectivity index (χ3n) is 6.78. The standard InChI is InChI=1S/C27H36N8O5/c1-37-13-3-7-29-26-30-17-19(18-31-26)25(36)33-27-32-22-20(24-28-8-10-35(24)27)5-6-21(23(22)38-2)40-14-4-9-34-11-15-39-16-12-34/h5-6,17-18H,3-4,7-16H2,1-2H3,(H,29,30,31)(H,32,33,36). The number of rotatable bonds is 12. The number of ether oxygens (including phenoxy) is 4. The van der Waals surface area contributed by atoms with Crippen LogP contribution in [0.4, 0.5) is 11.6 Å². The number of aliphatic imine (C=N–C) groups is 2. The maximum Gasteiger partial charge on any atom is 0.261 e. The molecule has 0 spiro atoms. The van der Waals surface area contributed by atoms with E-state index in [0.29, 0.717) is 67.5 Å². The fraction of sp³-hybridized carbons (Fsp3) is 0.519. The number of amides is 1. The second-order valence-corrected chi connectivity index (χ2v) is 9.46. The molecule has 1 aromatic heterocycles. The molecule has 0 bridgehead atoms. The number of amidine groups is 1. The average molecular weight is 553 g/mol. The van der Waals surface area contributed by atoms with E-state index in [2.05, 4.69) is 30.5 Å². The Bertz CT molecular complexity index is 1230. The highest BCUT2D eigenvalue weighted by molar-refractivity contribution is 6.20. The quantitative estimate of drug-likeness (QED) is 0.373. The molecule has 13 heteroatoms. The van der Waals surface area contributed by atoms with Gasteiger partial charge in [0, 0.05) is 64.4 Å². The number of carbonyl (C=O) groups excluding carboxylic acids is 1. The van der Waals surface area contributed by atoms with E-state index >= 15 is 0 Å². The van der Waals surface area contributed by atoms with Crippen molar-refractivity contribution in [3.05, 3.63) is 35.7 Å². The number of methoxy groups -OCH3 is 2. The lowest BCUT2D eigenvalue weighted by atomic mass is 10.1.